The normalized spacial score (nSPS) is 11.4. The number of hydrogen-bond donors (Lipinski definition) is 1. The molecule has 0 bridgehead atoms. The van der Waals surface area contributed by atoms with Crippen molar-refractivity contribution in [3.63, 3.8) is 0 Å². The Balaban J connectivity index is 1.87. The van der Waals surface area contributed by atoms with E-state index in [4.69, 9.17) is 27.9 Å². The van der Waals surface area contributed by atoms with Crippen molar-refractivity contribution in [1.82, 2.24) is 0 Å². The maximum Gasteiger partial charge on any atom is 0.340 e. The van der Waals surface area contributed by atoms with Gasteiger partial charge < -0.3 is 10.1 Å². The van der Waals surface area contributed by atoms with Crippen LogP contribution in [0.25, 0.3) is 0 Å². The lowest BCUT2D eigenvalue weighted by Gasteiger charge is -2.19. The van der Waals surface area contributed by atoms with E-state index in [9.17, 15) is 19.7 Å². The summed E-state index contributed by atoms with van der Waals surface area (Å²) >= 11 is 12.1. The molecule has 0 fully saturated rings. The van der Waals surface area contributed by atoms with E-state index < -0.39 is 22.9 Å². The Bertz CT molecular complexity index is 1110. The Morgan fingerprint density at radius 1 is 0.933 bits per heavy atom. The molecule has 30 heavy (non-hydrogen) atoms. The molecule has 0 saturated heterocycles. The highest BCUT2D eigenvalue weighted by molar-refractivity contribution is 6.34. The van der Waals surface area contributed by atoms with E-state index in [-0.39, 0.29) is 27.0 Å². The fourth-order valence-corrected chi connectivity index (χ4v) is 3.05. The van der Waals surface area contributed by atoms with Crippen LogP contribution in [0.5, 0.6) is 0 Å². The summed E-state index contributed by atoms with van der Waals surface area (Å²) in [5.74, 6) is -1.46. The molecule has 1 amide bonds. The van der Waals surface area contributed by atoms with Crippen LogP contribution in [0.4, 0.5) is 11.4 Å². The monoisotopic (exact) mass is 444 g/mol. The van der Waals surface area contributed by atoms with Crippen molar-refractivity contribution in [2.24, 2.45) is 0 Å². The third kappa shape index (κ3) is 4.94. The first-order valence-corrected chi connectivity index (χ1v) is 9.37. The van der Waals surface area contributed by atoms with Gasteiger partial charge in [0.25, 0.3) is 11.6 Å². The smallest absolute Gasteiger partial charge is 0.340 e. The van der Waals surface area contributed by atoms with Crippen LogP contribution in [-0.4, -0.2) is 16.8 Å². The van der Waals surface area contributed by atoms with Crippen LogP contribution in [-0.2, 0) is 9.53 Å². The van der Waals surface area contributed by atoms with Crippen LogP contribution in [0.15, 0.2) is 72.8 Å². The second kappa shape index (κ2) is 9.39. The number of benzene rings is 3. The number of nitrogens with zero attached hydrogens (tertiary/aromatic N) is 1. The fourth-order valence-electron chi connectivity index (χ4n) is 2.62. The average molecular weight is 445 g/mol. The van der Waals surface area contributed by atoms with Gasteiger partial charge in [-0.1, -0.05) is 65.7 Å². The topological polar surface area (TPSA) is 98.5 Å². The Kier molecular flexibility index (Phi) is 6.66. The van der Waals surface area contributed by atoms with Gasteiger partial charge in [0.05, 0.1) is 26.2 Å². The molecule has 0 aliphatic carbocycles. The van der Waals surface area contributed by atoms with Gasteiger partial charge in [0, 0.05) is 17.7 Å². The number of carbonyl (C=O) groups excluding carboxylic acids is 2. The number of hydrogen-bond acceptors (Lipinski definition) is 5. The van der Waals surface area contributed by atoms with Gasteiger partial charge in [0.1, 0.15) is 0 Å². The lowest BCUT2D eigenvalue weighted by Crippen LogP contribution is -2.26. The van der Waals surface area contributed by atoms with Gasteiger partial charge in [-0.3, -0.25) is 14.9 Å². The maximum absolute atomic E-state index is 12.9. The maximum atomic E-state index is 12.9. The van der Waals surface area contributed by atoms with Crippen LogP contribution >= 0.6 is 23.2 Å². The first kappa shape index (κ1) is 21.3. The molecule has 0 aromatic heterocycles. The number of nitrogens with one attached hydrogen (secondary N) is 1. The molecule has 1 unspecified atom stereocenters. The lowest BCUT2D eigenvalue weighted by molar-refractivity contribution is -0.384. The highest BCUT2D eigenvalue weighted by Gasteiger charge is 2.27. The van der Waals surface area contributed by atoms with Crippen LogP contribution in [0.2, 0.25) is 10.0 Å². The molecular weight excluding hydrogens is 431 g/mol. The van der Waals surface area contributed by atoms with Crippen molar-refractivity contribution < 1.29 is 19.2 Å². The average Bonchev–Trinajstić information content (AvgIpc) is 2.74. The van der Waals surface area contributed by atoms with Crippen molar-refractivity contribution in [2.45, 2.75) is 6.10 Å². The minimum absolute atomic E-state index is 0.0261. The first-order chi connectivity index (χ1) is 14.4. The van der Waals surface area contributed by atoms with E-state index in [0.717, 1.165) is 6.07 Å². The highest BCUT2D eigenvalue weighted by atomic mass is 35.5. The zero-order chi connectivity index (χ0) is 21.7. The lowest BCUT2D eigenvalue weighted by atomic mass is 10.1. The van der Waals surface area contributed by atoms with E-state index in [1.54, 1.807) is 42.5 Å². The van der Waals surface area contributed by atoms with E-state index in [0.29, 0.717) is 5.56 Å². The molecule has 1 atom stereocenters. The number of carbonyl (C=O) groups is 2. The molecular formula is C21H14Cl2N2O5. The molecule has 0 aliphatic heterocycles. The second-order valence-electron chi connectivity index (χ2n) is 6.09. The molecule has 9 heteroatoms. The minimum atomic E-state index is -1.30. The zero-order valence-corrected chi connectivity index (χ0v) is 16.8. The number of amides is 1. The quantitative estimate of drug-likeness (QED) is 0.310. The molecule has 0 heterocycles. The summed E-state index contributed by atoms with van der Waals surface area (Å²) in [5, 5.41) is 13.6. The van der Waals surface area contributed by atoms with Crippen molar-refractivity contribution in [3.8, 4) is 0 Å². The summed E-state index contributed by atoms with van der Waals surface area (Å²) in [7, 11) is 0. The minimum Gasteiger partial charge on any atom is -0.444 e. The van der Waals surface area contributed by atoms with Gasteiger partial charge in [-0.05, 0) is 18.2 Å². The van der Waals surface area contributed by atoms with E-state index in [1.807, 2.05) is 0 Å². The number of anilines is 1. The fraction of sp³-hybridized carbons (Fsp3) is 0.0476. The molecule has 3 rings (SSSR count). The van der Waals surface area contributed by atoms with E-state index in [1.165, 1.54) is 24.3 Å². The number of rotatable bonds is 6. The summed E-state index contributed by atoms with van der Waals surface area (Å²) in [6.45, 7) is 0. The third-order valence-electron chi connectivity index (χ3n) is 4.08. The summed E-state index contributed by atoms with van der Waals surface area (Å²) in [6.07, 6.45) is -1.30. The molecule has 0 aliphatic rings. The number of ether oxygens (including phenoxy) is 1. The predicted molar refractivity (Wildman–Crippen MR) is 113 cm³/mol. The van der Waals surface area contributed by atoms with Gasteiger partial charge in [0.2, 0.25) is 6.10 Å². The highest BCUT2D eigenvalue weighted by Crippen LogP contribution is 2.29. The molecule has 7 nitrogen and oxygen atoms in total. The number of halogens is 2. The molecule has 0 saturated carbocycles. The number of nitro groups is 1. The summed E-state index contributed by atoms with van der Waals surface area (Å²) in [4.78, 5) is 35.8. The van der Waals surface area contributed by atoms with Gasteiger partial charge in [-0.25, -0.2) is 4.79 Å². The van der Waals surface area contributed by atoms with Crippen molar-refractivity contribution in [1.29, 1.82) is 0 Å². The van der Waals surface area contributed by atoms with Crippen LogP contribution in [0.1, 0.15) is 22.0 Å². The molecule has 3 aromatic carbocycles. The zero-order valence-electron chi connectivity index (χ0n) is 15.2. The van der Waals surface area contributed by atoms with Crippen molar-refractivity contribution >= 4 is 46.5 Å². The molecule has 0 spiro atoms. The van der Waals surface area contributed by atoms with Gasteiger partial charge in [0.15, 0.2) is 0 Å². The number of esters is 1. The van der Waals surface area contributed by atoms with Crippen molar-refractivity contribution in [2.75, 3.05) is 5.32 Å². The van der Waals surface area contributed by atoms with Crippen molar-refractivity contribution in [3.05, 3.63) is 104 Å². The van der Waals surface area contributed by atoms with Gasteiger partial charge in [-0.15, -0.1) is 0 Å². The molecule has 3 aromatic rings. The third-order valence-corrected chi connectivity index (χ3v) is 4.72. The Labute approximate surface area is 181 Å². The SMILES string of the molecule is O=C(OC(C(=O)Nc1ccc([N+](=O)[O-])cc1Cl)c1ccccc1)c1ccccc1Cl. The van der Waals surface area contributed by atoms with E-state index >= 15 is 0 Å². The Hall–Kier alpha value is -3.42. The molecule has 0 radical (unpaired) electrons. The van der Waals surface area contributed by atoms with Crippen LogP contribution in [0, 0.1) is 10.1 Å². The summed E-state index contributed by atoms with van der Waals surface area (Å²) in [6, 6.07) is 18.3. The molecule has 152 valence electrons. The van der Waals surface area contributed by atoms with Gasteiger partial charge in [-0.2, -0.15) is 0 Å². The summed E-state index contributed by atoms with van der Waals surface area (Å²) < 4.78 is 5.45. The predicted octanol–water partition coefficient (Wildman–Crippen LogP) is 5.44. The first-order valence-electron chi connectivity index (χ1n) is 8.62. The summed E-state index contributed by atoms with van der Waals surface area (Å²) in [5.41, 5.74) is 0.458. The Morgan fingerprint density at radius 3 is 2.23 bits per heavy atom. The van der Waals surface area contributed by atoms with Gasteiger partial charge >= 0.3 is 5.97 Å². The van der Waals surface area contributed by atoms with Crippen LogP contribution in [0.3, 0.4) is 0 Å². The second-order valence-corrected chi connectivity index (χ2v) is 6.90. The largest absolute Gasteiger partial charge is 0.444 e. The standard InChI is InChI=1S/C21H14Cl2N2O5/c22-16-9-5-4-8-15(16)21(27)30-19(13-6-2-1-3-7-13)20(26)24-18-11-10-14(25(28)29)12-17(18)23/h1-12,19H,(H,24,26). The molecule has 1 N–H and O–H groups in total. The van der Waals surface area contributed by atoms with E-state index in [2.05, 4.69) is 5.32 Å². The van der Waals surface area contributed by atoms with Crippen LogP contribution < -0.4 is 5.32 Å². The number of non-ortho nitro benzene ring substituents is 1. The Morgan fingerprint density at radius 2 is 1.60 bits per heavy atom. The number of nitro benzene ring substituents is 1.